The van der Waals surface area contributed by atoms with Gasteiger partial charge in [-0.1, -0.05) is 26.0 Å². The first-order valence-electron chi connectivity index (χ1n) is 6.71. The summed E-state index contributed by atoms with van der Waals surface area (Å²) in [6.45, 7) is 6.01. The van der Waals surface area contributed by atoms with Gasteiger partial charge in [0.25, 0.3) is 0 Å². The van der Waals surface area contributed by atoms with Crippen LogP contribution < -0.4 is 0 Å². The van der Waals surface area contributed by atoms with E-state index in [2.05, 4.69) is 13.8 Å². The van der Waals surface area contributed by atoms with Crippen LogP contribution in [0.1, 0.15) is 38.7 Å². The highest BCUT2D eigenvalue weighted by molar-refractivity contribution is 7.92. The van der Waals surface area contributed by atoms with E-state index in [9.17, 15) is 13.5 Å². The third-order valence-electron chi connectivity index (χ3n) is 4.02. The molecule has 2 rings (SSSR count). The molecule has 1 aromatic carbocycles. The Hall–Kier alpha value is -0.870. The van der Waals surface area contributed by atoms with Gasteiger partial charge in [-0.3, -0.25) is 0 Å². The molecule has 1 aromatic rings. The quantitative estimate of drug-likeness (QED) is 0.907. The van der Waals surface area contributed by atoms with Crippen molar-refractivity contribution in [3.05, 3.63) is 29.8 Å². The van der Waals surface area contributed by atoms with Crippen LogP contribution in [0.15, 0.2) is 29.2 Å². The van der Waals surface area contributed by atoms with Crippen LogP contribution in [0, 0.1) is 12.3 Å². The summed E-state index contributed by atoms with van der Waals surface area (Å²) < 4.78 is 25.4. The van der Waals surface area contributed by atoms with Crippen molar-refractivity contribution in [2.45, 2.75) is 56.3 Å². The highest BCUT2D eigenvalue weighted by Crippen LogP contribution is 2.39. The highest BCUT2D eigenvalue weighted by Gasteiger charge is 2.41. The van der Waals surface area contributed by atoms with Gasteiger partial charge in [-0.05, 0) is 49.3 Å². The number of sulfone groups is 1. The van der Waals surface area contributed by atoms with E-state index >= 15 is 0 Å². The summed E-state index contributed by atoms with van der Waals surface area (Å²) in [5.74, 6) is 0. The molecule has 0 aromatic heterocycles. The summed E-state index contributed by atoms with van der Waals surface area (Å²) in [5, 5.41) is 9.41. The van der Waals surface area contributed by atoms with E-state index in [1.165, 1.54) is 0 Å². The Bertz CT molecular complexity index is 561. The van der Waals surface area contributed by atoms with Gasteiger partial charge in [0.15, 0.2) is 9.84 Å². The molecular weight excluding hydrogens is 260 g/mol. The molecule has 0 aliphatic heterocycles. The van der Waals surface area contributed by atoms with Gasteiger partial charge in [-0.2, -0.15) is 0 Å². The van der Waals surface area contributed by atoms with E-state index < -0.39 is 21.2 Å². The average Bonchev–Trinajstić information content (AvgIpc) is 2.32. The van der Waals surface area contributed by atoms with Gasteiger partial charge in [0.2, 0.25) is 0 Å². The molecule has 0 heterocycles. The average molecular weight is 282 g/mol. The summed E-state index contributed by atoms with van der Waals surface area (Å²) in [7, 11) is -3.45. The molecule has 1 aliphatic rings. The zero-order valence-electron chi connectivity index (χ0n) is 11.8. The van der Waals surface area contributed by atoms with Gasteiger partial charge in [0.05, 0.1) is 16.2 Å². The minimum Gasteiger partial charge on any atom is -0.392 e. The Kier molecular flexibility index (Phi) is 3.76. The second-order valence-corrected chi connectivity index (χ2v) is 8.54. The van der Waals surface area contributed by atoms with Crippen LogP contribution in [-0.4, -0.2) is 24.9 Å². The summed E-state index contributed by atoms with van der Waals surface area (Å²) in [4.78, 5) is 0.328. The van der Waals surface area contributed by atoms with Crippen LogP contribution in [0.25, 0.3) is 0 Å². The molecule has 1 N–H and O–H groups in total. The van der Waals surface area contributed by atoms with Crippen LogP contribution in [0.3, 0.4) is 0 Å². The summed E-state index contributed by atoms with van der Waals surface area (Å²) >= 11 is 0. The molecule has 2 unspecified atom stereocenters. The van der Waals surface area contributed by atoms with Gasteiger partial charge < -0.3 is 5.11 Å². The molecule has 0 radical (unpaired) electrons. The lowest BCUT2D eigenvalue weighted by atomic mass is 9.76. The van der Waals surface area contributed by atoms with Crippen molar-refractivity contribution >= 4 is 9.84 Å². The van der Waals surface area contributed by atoms with Crippen molar-refractivity contribution in [2.75, 3.05) is 0 Å². The fourth-order valence-corrected chi connectivity index (χ4v) is 4.98. The van der Waals surface area contributed by atoms with Gasteiger partial charge in [0.1, 0.15) is 0 Å². The Morgan fingerprint density at radius 2 is 2.00 bits per heavy atom. The van der Waals surface area contributed by atoms with Crippen LogP contribution in [0.2, 0.25) is 0 Å². The second-order valence-electron chi connectivity index (χ2n) is 6.37. The molecule has 2 atom stereocenters. The number of aryl methyl sites for hydroxylation is 1. The zero-order chi connectivity index (χ0) is 14.3. The maximum atomic E-state index is 12.7. The monoisotopic (exact) mass is 282 g/mol. The molecule has 1 fully saturated rings. The van der Waals surface area contributed by atoms with Crippen LogP contribution in [0.5, 0.6) is 0 Å². The van der Waals surface area contributed by atoms with Crippen molar-refractivity contribution < 1.29 is 13.5 Å². The number of aliphatic hydroxyl groups excluding tert-OH is 1. The Morgan fingerprint density at radius 3 is 2.63 bits per heavy atom. The van der Waals surface area contributed by atoms with E-state index in [0.717, 1.165) is 12.0 Å². The zero-order valence-corrected chi connectivity index (χ0v) is 12.6. The molecule has 19 heavy (non-hydrogen) atoms. The molecule has 1 saturated carbocycles. The summed E-state index contributed by atoms with van der Waals surface area (Å²) in [6, 6.07) is 6.93. The van der Waals surface area contributed by atoms with Gasteiger partial charge in [-0.15, -0.1) is 0 Å². The molecule has 0 bridgehead atoms. The largest absolute Gasteiger partial charge is 0.392 e. The van der Waals surface area contributed by atoms with E-state index in [-0.39, 0.29) is 5.41 Å². The lowest BCUT2D eigenvalue weighted by Gasteiger charge is -2.38. The van der Waals surface area contributed by atoms with E-state index in [1.807, 2.05) is 13.0 Å². The van der Waals surface area contributed by atoms with E-state index in [1.54, 1.807) is 18.2 Å². The first-order chi connectivity index (χ1) is 8.72. The fraction of sp³-hybridized carbons (Fsp3) is 0.600. The van der Waals surface area contributed by atoms with Crippen LogP contribution in [0.4, 0.5) is 0 Å². The van der Waals surface area contributed by atoms with Gasteiger partial charge >= 0.3 is 0 Å². The van der Waals surface area contributed by atoms with E-state index in [0.29, 0.717) is 17.7 Å². The third kappa shape index (κ3) is 3.00. The van der Waals surface area contributed by atoms with E-state index in [4.69, 9.17) is 0 Å². The third-order valence-corrected chi connectivity index (χ3v) is 6.21. The van der Waals surface area contributed by atoms with Crippen molar-refractivity contribution in [1.29, 1.82) is 0 Å². The van der Waals surface area contributed by atoms with Crippen molar-refractivity contribution in [2.24, 2.45) is 5.41 Å². The van der Waals surface area contributed by atoms with Crippen molar-refractivity contribution in [3.8, 4) is 0 Å². The summed E-state index contributed by atoms with van der Waals surface area (Å²) in [6.07, 6.45) is 1.19. The highest BCUT2D eigenvalue weighted by atomic mass is 32.2. The Balaban J connectivity index is 2.38. The number of hydrogen-bond acceptors (Lipinski definition) is 3. The molecule has 0 spiro atoms. The predicted octanol–water partition coefficient (Wildman–Crippen LogP) is 2.71. The van der Waals surface area contributed by atoms with Gasteiger partial charge in [-0.25, -0.2) is 8.42 Å². The number of benzene rings is 1. The maximum Gasteiger partial charge on any atom is 0.183 e. The molecule has 3 nitrogen and oxygen atoms in total. The number of aliphatic hydroxyl groups is 1. The first-order valence-corrected chi connectivity index (χ1v) is 8.26. The molecule has 0 saturated heterocycles. The molecule has 106 valence electrons. The molecular formula is C15H22O3S. The van der Waals surface area contributed by atoms with Crippen molar-refractivity contribution in [3.63, 3.8) is 0 Å². The smallest absolute Gasteiger partial charge is 0.183 e. The molecule has 0 amide bonds. The molecule has 1 aliphatic carbocycles. The minimum absolute atomic E-state index is 0.0270. The van der Waals surface area contributed by atoms with Gasteiger partial charge in [0, 0.05) is 0 Å². The van der Waals surface area contributed by atoms with Crippen LogP contribution >= 0.6 is 0 Å². The fourth-order valence-electron chi connectivity index (χ4n) is 2.79. The predicted molar refractivity (Wildman–Crippen MR) is 75.8 cm³/mol. The maximum absolute atomic E-state index is 12.7. The SMILES string of the molecule is Cc1cccc(S(=O)(=O)C2CC(C)(C)CCC2O)c1. The normalized spacial score (nSPS) is 27.2. The minimum atomic E-state index is -3.45. The first kappa shape index (κ1) is 14.5. The number of hydrogen-bond donors (Lipinski definition) is 1. The Morgan fingerprint density at radius 1 is 1.32 bits per heavy atom. The van der Waals surface area contributed by atoms with Crippen LogP contribution in [-0.2, 0) is 9.84 Å². The summed E-state index contributed by atoms with van der Waals surface area (Å²) in [5.41, 5.74) is 0.895. The molecule has 4 heteroatoms. The standard InChI is InChI=1S/C15H22O3S/c1-11-5-4-6-12(9-11)19(17,18)14-10-15(2,3)8-7-13(14)16/h4-6,9,13-14,16H,7-8,10H2,1-3H3. The second kappa shape index (κ2) is 4.91. The van der Waals surface area contributed by atoms with Crippen molar-refractivity contribution in [1.82, 2.24) is 0 Å². The topological polar surface area (TPSA) is 54.4 Å². The lowest BCUT2D eigenvalue weighted by Crippen LogP contribution is -2.42. The lowest BCUT2D eigenvalue weighted by molar-refractivity contribution is 0.0835. The Labute approximate surface area is 115 Å². The number of rotatable bonds is 2.